The van der Waals surface area contributed by atoms with Crippen molar-refractivity contribution in [1.82, 2.24) is 0 Å². The molecule has 56 heavy (non-hydrogen) atoms. The summed E-state index contributed by atoms with van der Waals surface area (Å²) >= 11 is 7.08. The summed E-state index contributed by atoms with van der Waals surface area (Å²) in [5.74, 6) is 0.379. The minimum absolute atomic E-state index is 0.379. The molecule has 0 saturated heterocycles. The van der Waals surface area contributed by atoms with Crippen LogP contribution >= 0.6 is 45.3 Å². The number of hydrogen-bond donors (Lipinski definition) is 0. The Balaban J connectivity index is 1.21. The molecule has 0 saturated carbocycles. The molecule has 1 aliphatic rings. The van der Waals surface area contributed by atoms with Crippen LogP contribution in [0, 0.1) is 19.8 Å². The summed E-state index contributed by atoms with van der Waals surface area (Å²) in [6.07, 6.45) is 34.7. The molecule has 1 aliphatic heterocycles. The van der Waals surface area contributed by atoms with Gasteiger partial charge < -0.3 is 0 Å². The topological polar surface area (TPSA) is 37.4 Å². The van der Waals surface area contributed by atoms with E-state index in [2.05, 4.69) is 58.0 Å². The van der Waals surface area contributed by atoms with Gasteiger partial charge in [0.05, 0.1) is 15.4 Å². The van der Waals surface area contributed by atoms with Crippen LogP contribution in [0.1, 0.15) is 191 Å². The van der Waals surface area contributed by atoms with Gasteiger partial charge in [-0.05, 0) is 69.0 Å². The van der Waals surface area contributed by atoms with Crippen molar-refractivity contribution in [3.63, 3.8) is 0 Å². The molecule has 0 bridgehead atoms. The maximum atomic E-state index is 14.5. The van der Waals surface area contributed by atoms with Gasteiger partial charge in [0.15, 0.2) is 0 Å². The van der Waals surface area contributed by atoms with Crippen LogP contribution in [-0.4, -0.2) is 15.0 Å². The third-order valence-electron chi connectivity index (χ3n) is 11.8. The number of sulfonamides is 1. The van der Waals surface area contributed by atoms with E-state index in [0.717, 1.165) is 33.2 Å². The summed E-state index contributed by atoms with van der Waals surface area (Å²) in [5, 5.41) is 0. The predicted molar refractivity (Wildman–Crippen MR) is 253 cm³/mol. The summed E-state index contributed by atoms with van der Waals surface area (Å²) in [6.45, 7) is 9.40. The molecule has 4 aromatic rings. The molecule has 312 valence electrons. The van der Waals surface area contributed by atoms with Gasteiger partial charge in [0.1, 0.15) is 4.90 Å². The number of anilines is 1. The maximum Gasteiger partial charge on any atom is 0.265 e. The molecule has 0 N–H and O–H groups in total. The lowest BCUT2D eigenvalue weighted by atomic mass is 9.93. The van der Waals surface area contributed by atoms with Gasteiger partial charge in [0, 0.05) is 35.8 Å². The van der Waals surface area contributed by atoms with E-state index in [1.807, 2.05) is 33.0 Å². The fourth-order valence-electron chi connectivity index (χ4n) is 8.42. The molecule has 0 amide bonds. The Bertz CT molecular complexity index is 1760. The standard InChI is InChI=1S/C48H73NO2S5/c1-5-7-9-11-13-15-17-19-21-23-25-27-29-40(30-28-26-24-22-20-18-16-14-12-10-8-6-2)37-49-41-36-45(44-34-33-43(54-44)42-32-31-38(3)52-42)55-47(41)48-46(56(49,50)51)35-39(4)53-48/h31-36,40H,5-30,37H2,1-4H3. The lowest BCUT2D eigenvalue weighted by molar-refractivity contribution is 0.408. The Hall–Kier alpha value is -1.45. The molecule has 0 aliphatic carbocycles. The van der Waals surface area contributed by atoms with E-state index in [1.165, 1.54) is 178 Å². The molecule has 4 aromatic heterocycles. The van der Waals surface area contributed by atoms with Gasteiger partial charge in [-0.3, -0.25) is 4.31 Å². The first-order valence-corrected chi connectivity index (χ1v) is 27.5. The number of rotatable bonds is 30. The van der Waals surface area contributed by atoms with E-state index in [0.29, 0.717) is 17.4 Å². The van der Waals surface area contributed by atoms with Crippen LogP contribution in [0.25, 0.3) is 29.3 Å². The summed E-state index contributed by atoms with van der Waals surface area (Å²) < 4.78 is 30.9. The first-order chi connectivity index (χ1) is 27.3. The zero-order chi connectivity index (χ0) is 39.6. The number of nitrogens with zero attached hydrogens (tertiary/aromatic N) is 1. The lowest BCUT2D eigenvalue weighted by Crippen LogP contribution is -2.37. The average molecular weight is 856 g/mol. The molecular weight excluding hydrogens is 783 g/mol. The molecular formula is C48H73NO2S5. The zero-order valence-electron chi connectivity index (χ0n) is 35.4. The van der Waals surface area contributed by atoms with Crippen molar-refractivity contribution in [2.45, 2.75) is 200 Å². The maximum absolute atomic E-state index is 14.5. The van der Waals surface area contributed by atoms with Crippen molar-refractivity contribution in [2.24, 2.45) is 5.92 Å². The van der Waals surface area contributed by atoms with Crippen LogP contribution in [0.2, 0.25) is 0 Å². The molecule has 0 unspecified atom stereocenters. The average Bonchev–Trinajstić information content (AvgIpc) is 4.00. The third-order valence-corrected chi connectivity index (χ3v) is 18.5. The number of thiophene rings is 4. The molecule has 0 aromatic carbocycles. The highest BCUT2D eigenvalue weighted by Crippen LogP contribution is 2.54. The van der Waals surface area contributed by atoms with E-state index in [1.54, 1.807) is 22.7 Å². The highest BCUT2D eigenvalue weighted by atomic mass is 32.2. The monoisotopic (exact) mass is 855 g/mol. The normalized spacial score (nSPS) is 13.6. The van der Waals surface area contributed by atoms with Crippen molar-refractivity contribution in [1.29, 1.82) is 0 Å². The summed E-state index contributed by atoms with van der Waals surface area (Å²) in [4.78, 5) is 9.98. The van der Waals surface area contributed by atoms with Gasteiger partial charge in [-0.25, -0.2) is 8.42 Å². The van der Waals surface area contributed by atoms with E-state index in [9.17, 15) is 8.42 Å². The molecule has 0 fully saturated rings. The van der Waals surface area contributed by atoms with Crippen molar-refractivity contribution >= 4 is 61.1 Å². The van der Waals surface area contributed by atoms with Crippen LogP contribution in [-0.2, 0) is 10.0 Å². The van der Waals surface area contributed by atoms with E-state index < -0.39 is 10.0 Å². The third kappa shape index (κ3) is 13.8. The number of fused-ring (bicyclic) bond motifs is 3. The van der Waals surface area contributed by atoms with Crippen LogP contribution in [0.3, 0.4) is 0 Å². The fraction of sp³-hybridized carbons (Fsp3) is 0.667. The SMILES string of the molecule is CCCCCCCCCCCCCCC(CCCCCCCCCCCCCC)CN1c2cc(-c3ccc(-c4ccc(C)s4)s3)sc2-c2sc(C)cc2S1(=O)=O. The minimum atomic E-state index is -3.63. The van der Waals surface area contributed by atoms with E-state index in [-0.39, 0.29) is 0 Å². The Morgan fingerprint density at radius 1 is 0.482 bits per heavy atom. The van der Waals surface area contributed by atoms with Gasteiger partial charge >= 0.3 is 0 Å². The lowest BCUT2D eigenvalue weighted by Gasteiger charge is -2.32. The van der Waals surface area contributed by atoms with Gasteiger partial charge in [-0.1, -0.05) is 168 Å². The second kappa shape index (κ2) is 24.6. The van der Waals surface area contributed by atoms with Gasteiger partial charge in [-0.2, -0.15) is 0 Å². The number of hydrogen-bond acceptors (Lipinski definition) is 6. The zero-order valence-corrected chi connectivity index (χ0v) is 39.5. The number of aryl methyl sites for hydroxylation is 2. The van der Waals surface area contributed by atoms with Gasteiger partial charge in [0.2, 0.25) is 0 Å². The first-order valence-electron chi connectivity index (χ1n) is 22.8. The molecule has 3 nitrogen and oxygen atoms in total. The van der Waals surface area contributed by atoms with E-state index >= 15 is 0 Å². The second-order valence-corrected chi connectivity index (χ2v) is 23.2. The molecule has 5 heterocycles. The second-order valence-electron chi connectivity index (χ2n) is 16.7. The van der Waals surface area contributed by atoms with Crippen molar-refractivity contribution in [3.8, 4) is 29.3 Å². The fourth-order valence-corrected chi connectivity index (χ4v) is 15.0. The van der Waals surface area contributed by atoms with Crippen molar-refractivity contribution in [3.05, 3.63) is 46.2 Å². The molecule has 8 heteroatoms. The van der Waals surface area contributed by atoms with Crippen LogP contribution in [0.15, 0.2) is 41.3 Å². The predicted octanol–water partition coefficient (Wildman–Crippen LogP) is 17.9. The molecule has 0 atom stereocenters. The highest BCUT2D eigenvalue weighted by molar-refractivity contribution is 7.93. The molecule has 5 rings (SSSR count). The summed E-state index contributed by atoms with van der Waals surface area (Å²) in [6, 6.07) is 13.0. The minimum Gasteiger partial charge on any atom is -0.264 e. The molecule has 0 radical (unpaired) electrons. The quantitative estimate of drug-likeness (QED) is 0.0490. The summed E-state index contributed by atoms with van der Waals surface area (Å²) in [7, 11) is -3.63. The Labute approximate surface area is 358 Å². The largest absolute Gasteiger partial charge is 0.265 e. The first kappa shape index (κ1) is 45.6. The number of unbranched alkanes of at least 4 members (excludes halogenated alkanes) is 22. The van der Waals surface area contributed by atoms with Crippen molar-refractivity contribution in [2.75, 3.05) is 10.8 Å². The highest BCUT2D eigenvalue weighted by Gasteiger charge is 2.39. The van der Waals surface area contributed by atoms with Crippen LogP contribution in [0.5, 0.6) is 0 Å². The summed E-state index contributed by atoms with van der Waals surface area (Å²) in [5.41, 5.74) is 0.913. The van der Waals surface area contributed by atoms with E-state index in [4.69, 9.17) is 0 Å². The van der Waals surface area contributed by atoms with Crippen molar-refractivity contribution < 1.29 is 8.42 Å². The van der Waals surface area contributed by atoms with Crippen LogP contribution in [0.4, 0.5) is 5.69 Å². The Kier molecular flexibility index (Phi) is 20.0. The Morgan fingerprint density at radius 2 is 0.929 bits per heavy atom. The Morgan fingerprint density at radius 3 is 1.41 bits per heavy atom. The van der Waals surface area contributed by atoms with Crippen LogP contribution < -0.4 is 4.31 Å². The van der Waals surface area contributed by atoms with Gasteiger partial charge in [0.25, 0.3) is 10.0 Å². The van der Waals surface area contributed by atoms with Gasteiger partial charge in [-0.15, -0.1) is 45.3 Å². The molecule has 0 spiro atoms. The smallest absolute Gasteiger partial charge is 0.264 e.